The summed E-state index contributed by atoms with van der Waals surface area (Å²) in [5.74, 6) is 0.929. The maximum absolute atomic E-state index is 6.09. The second-order valence-corrected chi connectivity index (χ2v) is 5.53. The van der Waals surface area contributed by atoms with Crippen molar-refractivity contribution in [3.8, 4) is 5.75 Å². The van der Waals surface area contributed by atoms with Crippen LogP contribution >= 0.6 is 11.3 Å². The van der Waals surface area contributed by atoms with Crippen molar-refractivity contribution in [2.75, 3.05) is 6.61 Å². The zero-order chi connectivity index (χ0) is 12.8. The minimum absolute atomic E-state index is 0.174. The molecule has 0 fully saturated rings. The van der Waals surface area contributed by atoms with Gasteiger partial charge < -0.3 is 10.5 Å². The summed E-state index contributed by atoms with van der Waals surface area (Å²) in [6, 6.07) is 12.5. The normalized spacial score (nSPS) is 12.3. The van der Waals surface area contributed by atoms with Crippen molar-refractivity contribution in [2.24, 2.45) is 5.73 Å². The van der Waals surface area contributed by atoms with Crippen LogP contribution in [0.5, 0.6) is 5.75 Å². The Bertz CT molecular complexity index is 467. The molecule has 1 aromatic carbocycles. The van der Waals surface area contributed by atoms with Gasteiger partial charge in [-0.25, -0.2) is 0 Å². The second kappa shape index (κ2) is 6.57. The molecule has 0 spiro atoms. The minimum atomic E-state index is 0.174. The summed E-state index contributed by atoms with van der Waals surface area (Å²) in [4.78, 5) is 1.35. The average molecular weight is 261 g/mol. The Morgan fingerprint density at radius 3 is 2.89 bits per heavy atom. The van der Waals surface area contributed by atoms with Crippen LogP contribution in [-0.4, -0.2) is 12.6 Å². The maximum atomic E-state index is 6.09. The third kappa shape index (κ3) is 4.17. The number of benzene rings is 1. The molecule has 0 radical (unpaired) electrons. The Morgan fingerprint density at radius 2 is 2.17 bits per heavy atom. The summed E-state index contributed by atoms with van der Waals surface area (Å²) in [6.45, 7) is 2.74. The van der Waals surface area contributed by atoms with E-state index in [1.807, 2.05) is 18.2 Å². The molecular formula is C15H19NOS. The van der Waals surface area contributed by atoms with Gasteiger partial charge in [0.2, 0.25) is 0 Å². The van der Waals surface area contributed by atoms with Crippen molar-refractivity contribution < 1.29 is 4.74 Å². The maximum Gasteiger partial charge on any atom is 0.119 e. The Balaban J connectivity index is 1.72. The van der Waals surface area contributed by atoms with Crippen LogP contribution in [-0.2, 0) is 6.42 Å². The topological polar surface area (TPSA) is 35.2 Å². The van der Waals surface area contributed by atoms with Crippen molar-refractivity contribution in [3.05, 3.63) is 52.2 Å². The van der Waals surface area contributed by atoms with Crippen LogP contribution in [0.25, 0.3) is 0 Å². The lowest BCUT2D eigenvalue weighted by molar-refractivity contribution is 0.297. The Hall–Kier alpha value is -1.32. The predicted molar refractivity (Wildman–Crippen MR) is 77.3 cm³/mol. The number of hydrogen-bond donors (Lipinski definition) is 1. The quantitative estimate of drug-likeness (QED) is 0.865. The van der Waals surface area contributed by atoms with Crippen LogP contribution in [0.3, 0.4) is 0 Å². The van der Waals surface area contributed by atoms with Crippen molar-refractivity contribution in [1.82, 2.24) is 0 Å². The van der Waals surface area contributed by atoms with Crippen molar-refractivity contribution in [2.45, 2.75) is 25.8 Å². The molecule has 0 amide bonds. The van der Waals surface area contributed by atoms with Crippen LogP contribution in [0.15, 0.2) is 41.8 Å². The number of thiophene rings is 1. The summed E-state index contributed by atoms with van der Waals surface area (Å²) in [5.41, 5.74) is 7.30. The van der Waals surface area contributed by atoms with Gasteiger partial charge in [0.25, 0.3) is 0 Å². The molecule has 0 aliphatic carbocycles. The third-order valence-corrected chi connectivity index (χ3v) is 3.69. The number of hydrogen-bond acceptors (Lipinski definition) is 3. The fraction of sp³-hybridized carbons (Fsp3) is 0.333. The molecule has 1 aromatic heterocycles. The van der Waals surface area contributed by atoms with Gasteiger partial charge in [-0.05, 0) is 48.9 Å². The number of aryl methyl sites for hydroxylation is 1. The molecular weight excluding hydrogens is 242 g/mol. The van der Waals surface area contributed by atoms with Gasteiger partial charge >= 0.3 is 0 Å². The van der Waals surface area contributed by atoms with Gasteiger partial charge in [-0.1, -0.05) is 18.2 Å². The molecule has 0 saturated heterocycles. The van der Waals surface area contributed by atoms with Gasteiger partial charge in [-0.2, -0.15) is 0 Å². The van der Waals surface area contributed by atoms with Gasteiger partial charge in [0.1, 0.15) is 5.75 Å². The van der Waals surface area contributed by atoms with Crippen LogP contribution in [0.4, 0.5) is 0 Å². The molecule has 1 heterocycles. The highest BCUT2D eigenvalue weighted by Crippen LogP contribution is 2.14. The lowest BCUT2D eigenvalue weighted by Crippen LogP contribution is -2.24. The number of nitrogens with two attached hydrogens (primary N) is 1. The third-order valence-electron chi connectivity index (χ3n) is 2.79. The molecule has 0 bridgehead atoms. The summed E-state index contributed by atoms with van der Waals surface area (Å²) >= 11 is 1.76. The highest BCUT2D eigenvalue weighted by Gasteiger charge is 2.05. The van der Waals surface area contributed by atoms with Crippen molar-refractivity contribution >= 4 is 11.3 Å². The summed E-state index contributed by atoms with van der Waals surface area (Å²) < 4.78 is 5.70. The van der Waals surface area contributed by atoms with E-state index in [1.54, 1.807) is 11.3 Å². The Kier molecular flexibility index (Phi) is 4.79. The van der Waals surface area contributed by atoms with E-state index >= 15 is 0 Å². The highest BCUT2D eigenvalue weighted by molar-refractivity contribution is 7.09. The predicted octanol–water partition coefficient (Wildman–Crippen LogP) is 3.40. The first-order chi connectivity index (χ1) is 8.74. The molecule has 0 aliphatic heterocycles. The standard InChI is InChI=1S/C15H19NOS/c1-12-4-2-5-14(10-12)17-8-7-13(16)11-15-6-3-9-18-15/h2-6,9-10,13H,7-8,11,16H2,1H3. The number of rotatable bonds is 6. The molecule has 0 aliphatic rings. The van der Waals surface area contributed by atoms with Crippen LogP contribution in [0.1, 0.15) is 16.9 Å². The van der Waals surface area contributed by atoms with E-state index < -0.39 is 0 Å². The SMILES string of the molecule is Cc1cccc(OCCC(N)Cc2cccs2)c1. The van der Waals surface area contributed by atoms with Crippen molar-refractivity contribution in [1.29, 1.82) is 0 Å². The van der Waals surface area contributed by atoms with Crippen LogP contribution in [0.2, 0.25) is 0 Å². The van der Waals surface area contributed by atoms with Gasteiger partial charge in [-0.15, -0.1) is 11.3 Å². The molecule has 3 heteroatoms. The monoisotopic (exact) mass is 261 g/mol. The summed E-state index contributed by atoms with van der Waals surface area (Å²) in [6.07, 6.45) is 1.82. The van der Waals surface area contributed by atoms with E-state index in [4.69, 9.17) is 10.5 Å². The first-order valence-electron chi connectivity index (χ1n) is 6.21. The lowest BCUT2D eigenvalue weighted by atomic mass is 10.1. The molecule has 2 rings (SSSR count). The largest absolute Gasteiger partial charge is 0.494 e. The molecule has 96 valence electrons. The molecule has 0 saturated carbocycles. The molecule has 1 atom stereocenters. The Labute approximate surface area is 112 Å². The molecule has 2 aromatic rings. The lowest BCUT2D eigenvalue weighted by Gasteiger charge is -2.11. The summed E-state index contributed by atoms with van der Waals surface area (Å²) in [7, 11) is 0. The van der Waals surface area contributed by atoms with E-state index in [0.29, 0.717) is 6.61 Å². The van der Waals surface area contributed by atoms with Gasteiger partial charge in [0.05, 0.1) is 6.61 Å². The van der Waals surface area contributed by atoms with Crippen LogP contribution < -0.4 is 10.5 Å². The summed E-state index contributed by atoms with van der Waals surface area (Å²) in [5, 5.41) is 2.09. The van der Waals surface area contributed by atoms with Gasteiger partial charge in [0, 0.05) is 10.9 Å². The molecule has 2 N–H and O–H groups in total. The molecule has 18 heavy (non-hydrogen) atoms. The first-order valence-corrected chi connectivity index (χ1v) is 7.09. The smallest absolute Gasteiger partial charge is 0.119 e. The van der Waals surface area contributed by atoms with Crippen molar-refractivity contribution in [3.63, 3.8) is 0 Å². The van der Waals surface area contributed by atoms with E-state index in [-0.39, 0.29) is 6.04 Å². The van der Waals surface area contributed by atoms with Gasteiger partial charge in [-0.3, -0.25) is 0 Å². The van der Waals surface area contributed by atoms with E-state index in [1.165, 1.54) is 10.4 Å². The van der Waals surface area contributed by atoms with Crippen LogP contribution in [0, 0.1) is 6.92 Å². The van der Waals surface area contributed by atoms with E-state index in [9.17, 15) is 0 Å². The average Bonchev–Trinajstić information content (AvgIpc) is 2.82. The zero-order valence-electron chi connectivity index (χ0n) is 10.6. The van der Waals surface area contributed by atoms with E-state index in [2.05, 4.69) is 30.5 Å². The number of ether oxygens (including phenoxy) is 1. The Morgan fingerprint density at radius 1 is 1.28 bits per heavy atom. The highest BCUT2D eigenvalue weighted by atomic mass is 32.1. The molecule has 1 unspecified atom stereocenters. The van der Waals surface area contributed by atoms with Gasteiger partial charge in [0.15, 0.2) is 0 Å². The minimum Gasteiger partial charge on any atom is -0.494 e. The molecule has 2 nitrogen and oxygen atoms in total. The fourth-order valence-corrected chi connectivity index (χ4v) is 2.62. The van der Waals surface area contributed by atoms with E-state index in [0.717, 1.165) is 18.6 Å². The fourth-order valence-electron chi connectivity index (χ4n) is 1.82. The first kappa shape index (κ1) is 13.1. The second-order valence-electron chi connectivity index (χ2n) is 4.50. The zero-order valence-corrected chi connectivity index (χ0v) is 11.5.